The summed E-state index contributed by atoms with van der Waals surface area (Å²) in [5.74, 6) is 1.49. The van der Waals surface area contributed by atoms with Crippen molar-refractivity contribution in [2.75, 3.05) is 31.1 Å². The molecule has 0 aromatic heterocycles. The third-order valence-corrected chi connectivity index (χ3v) is 8.41. The van der Waals surface area contributed by atoms with E-state index >= 15 is 0 Å². The van der Waals surface area contributed by atoms with Crippen molar-refractivity contribution >= 4 is 29.1 Å². The molecular weight excluding hydrogens is 446 g/mol. The minimum Gasteiger partial charge on any atom is -0.339 e. The highest BCUT2D eigenvalue weighted by Crippen LogP contribution is 2.35. The molecule has 0 radical (unpaired) electrons. The number of carbonyl (C=O) groups excluding carboxylic acids is 2. The molecule has 0 saturated carbocycles. The molecule has 0 N–H and O–H groups in total. The van der Waals surface area contributed by atoms with Gasteiger partial charge in [-0.1, -0.05) is 29.8 Å². The van der Waals surface area contributed by atoms with Crippen LogP contribution in [-0.4, -0.2) is 53.8 Å². The number of halogens is 1. The Morgan fingerprint density at radius 1 is 0.941 bits per heavy atom. The lowest BCUT2D eigenvalue weighted by molar-refractivity contribution is 0.0580. The Hall–Kier alpha value is -2.37. The van der Waals surface area contributed by atoms with E-state index in [1.165, 1.54) is 25.9 Å². The molecule has 2 aromatic rings. The Labute approximate surface area is 207 Å². The SMILES string of the molecule is CC(C)N1CCC(C2CCN(C(=O)c3cccc(N4Cc5cccc(Cl)c5C4=O)c3)CC2)CC1. The lowest BCUT2D eigenvalue weighted by Crippen LogP contribution is -2.44. The molecule has 2 aromatic carbocycles. The largest absolute Gasteiger partial charge is 0.339 e. The maximum Gasteiger partial charge on any atom is 0.260 e. The topological polar surface area (TPSA) is 43.9 Å². The zero-order chi connectivity index (χ0) is 23.8. The smallest absolute Gasteiger partial charge is 0.260 e. The van der Waals surface area contributed by atoms with E-state index in [9.17, 15) is 9.59 Å². The molecule has 0 unspecified atom stereocenters. The first-order valence-electron chi connectivity index (χ1n) is 12.6. The van der Waals surface area contributed by atoms with Crippen LogP contribution in [0.2, 0.25) is 5.02 Å². The monoisotopic (exact) mass is 479 g/mol. The molecule has 2 fully saturated rings. The molecule has 0 aliphatic carbocycles. The van der Waals surface area contributed by atoms with Crippen LogP contribution in [0, 0.1) is 11.8 Å². The summed E-state index contributed by atoms with van der Waals surface area (Å²) in [6, 6.07) is 13.7. The van der Waals surface area contributed by atoms with Gasteiger partial charge in [0.1, 0.15) is 0 Å². The molecule has 180 valence electrons. The number of hydrogen-bond acceptors (Lipinski definition) is 3. The van der Waals surface area contributed by atoms with Crippen LogP contribution in [0.25, 0.3) is 0 Å². The number of benzene rings is 2. The quantitative estimate of drug-likeness (QED) is 0.583. The number of piperidine rings is 2. The summed E-state index contributed by atoms with van der Waals surface area (Å²) in [4.78, 5) is 32.6. The van der Waals surface area contributed by atoms with Gasteiger partial charge in [-0.3, -0.25) is 9.59 Å². The molecular formula is C28H34ClN3O2. The summed E-state index contributed by atoms with van der Waals surface area (Å²) < 4.78 is 0. The second kappa shape index (κ2) is 9.71. The molecule has 5 rings (SSSR count). The van der Waals surface area contributed by atoms with Crippen LogP contribution in [0.4, 0.5) is 5.69 Å². The predicted octanol–water partition coefficient (Wildman–Crippen LogP) is 5.47. The number of hydrogen-bond donors (Lipinski definition) is 0. The predicted molar refractivity (Wildman–Crippen MR) is 136 cm³/mol. The molecule has 34 heavy (non-hydrogen) atoms. The highest BCUT2D eigenvalue weighted by molar-refractivity contribution is 6.35. The number of anilines is 1. The summed E-state index contributed by atoms with van der Waals surface area (Å²) in [6.45, 7) is 9.11. The summed E-state index contributed by atoms with van der Waals surface area (Å²) in [5.41, 5.74) is 2.89. The third-order valence-electron chi connectivity index (χ3n) is 8.09. The normalized spacial score (nSPS) is 20.3. The fourth-order valence-electron chi connectivity index (χ4n) is 6.00. The lowest BCUT2D eigenvalue weighted by Gasteiger charge is -2.41. The number of amides is 2. The van der Waals surface area contributed by atoms with Crippen molar-refractivity contribution in [2.24, 2.45) is 11.8 Å². The zero-order valence-electron chi connectivity index (χ0n) is 20.2. The molecule has 3 aliphatic rings. The van der Waals surface area contributed by atoms with E-state index in [1.807, 2.05) is 41.3 Å². The number of rotatable bonds is 4. The maximum atomic E-state index is 13.3. The van der Waals surface area contributed by atoms with Crippen molar-refractivity contribution in [3.63, 3.8) is 0 Å². The fraction of sp³-hybridized carbons (Fsp3) is 0.500. The van der Waals surface area contributed by atoms with Crippen molar-refractivity contribution in [1.29, 1.82) is 0 Å². The average Bonchev–Trinajstić information content (AvgIpc) is 3.21. The zero-order valence-corrected chi connectivity index (χ0v) is 20.9. The van der Waals surface area contributed by atoms with Crippen molar-refractivity contribution in [1.82, 2.24) is 9.80 Å². The van der Waals surface area contributed by atoms with Crippen LogP contribution in [-0.2, 0) is 6.54 Å². The average molecular weight is 480 g/mol. The van der Waals surface area contributed by atoms with Gasteiger partial charge in [0.05, 0.1) is 17.1 Å². The fourth-order valence-corrected chi connectivity index (χ4v) is 6.27. The van der Waals surface area contributed by atoms with Gasteiger partial charge in [-0.25, -0.2) is 0 Å². The van der Waals surface area contributed by atoms with E-state index in [0.29, 0.717) is 28.7 Å². The standard InChI is InChI=1S/C28H34ClN3O2/c1-19(2)30-13-9-20(10-14-30)21-11-15-31(16-12-21)27(33)22-5-3-7-24(17-22)32-18-23-6-4-8-25(29)26(23)28(32)34/h3-8,17,19-21H,9-16,18H2,1-2H3. The Morgan fingerprint density at radius 2 is 1.59 bits per heavy atom. The molecule has 3 aliphatic heterocycles. The maximum absolute atomic E-state index is 13.3. The number of fused-ring (bicyclic) bond motifs is 1. The minimum atomic E-state index is -0.102. The number of nitrogens with zero attached hydrogens (tertiary/aromatic N) is 3. The van der Waals surface area contributed by atoms with Crippen molar-refractivity contribution in [2.45, 2.75) is 52.1 Å². The van der Waals surface area contributed by atoms with Gasteiger partial charge < -0.3 is 14.7 Å². The second-order valence-electron chi connectivity index (χ2n) is 10.3. The van der Waals surface area contributed by atoms with Gasteiger partial charge in [0.2, 0.25) is 0 Å². The van der Waals surface area contributed by atoms with Crippen molar-refractivity contribution in [3.8, 4) is 0 Å². The Balaban J connectivity index is 1.21. The van der Waals surface area contributed by atoms with Gasteiger partial charge in [0, 0.05) is 30.4 Å². The first kappa shape index (κ1) is 23.4. The van der Waals surface area contributed by atoms with Crippen LogP contribution < -0.4 is 4.90 Å². The van der Waals surface area contributed by atoms with E-state index in [-0.39, 0.29) is 11.8 Å². The van der Waals surface area contributed by atoms with E-state index in [1.54, 1.807) is 11.0 Å². The minimum absolute atomic E-state index is 0.0668. The Morgan fingerprint density at radius 3 is 2.24 bits per heavy atom. The first-order chi connectivity index (χ1) is 16.4. The molecule has 0 bridgehead atoms. The molecule has 2 saturated heterocycles. The summed E-state index contributed by atoms with van der Waals surface area (Å²) in [6.07, 6.45) is 4.76. The molecule has 0 spiro atoms. The lowest BCUT2D eigenvalue weighted by atomic mass is 9.78. The van der Waals surface area contributed by atoms with Crippen LogP contribution in [0.5, 0.6) is 0 Å². The van der Waals surface area contributed by atoms with Gasteiger partial charge in [0.15, 0.2) is 0 Å². The van der Waals surface area contributed by atoms with Crippen LogP contribution in [0.15, 0.2) is 42.5 Å². The summed E-state index contributed by atoms with van der Waals surface area (Å²) in [5, 5.41) is 0.481. The molecule has 3 heterocycles. The van der Waals surface area contributed by atoms with Gasteiger partial charge in [0.25, 0.3) is 11.8 Å². The van der Waals surface area contributed by atoms with E-state index in [0.717, 1.165) is 49.0 Å². The third kappa shape index (κ3) is 4.48. The number of likely N-dealkylation sites (tertiary alicyclic amines) is 2. The Bertz CT molecular complexity index is 1070. The summed E-state index contributed by atoms with van der Waals surface area (Å²) >= 11 is 6.28. The molecule has 0 atom stereocenters. The van der Waals surface area contributed by atoms with Crippen LogP contribution in [0.3, 0.4) is 0 Å². The van der Waals surface area contributed by atoms with Crippen LogP contribution in [0.1, 0.15) is 65.8 Å². The molecule has 6 heteroatoms. The summed E-state index contributed by atoms with van der Waals surface area (Å²) in [7, 11) is 0. The van der Waals surface area contributed by atoms with Gasteiger partial charge in [-0.15, -0.1) is 0 Å². The highest BCUT2D eigenvalue weighted by atomic mass is 35.5. The van der Waals surface area contributed by atoms with Gasteiger partial charge in [-0.05, 0) is 94.3 Å². The first-order valence-corrected chi connectivity index (χ1v) is 13.0. The Kier molecular flexibility index (Phi) is 6.67. The molecule has 2 amide bonds. The van der Waals surface area contributed by atoms with Crippen molar-refractivity contribution in [3.05, 3.63) is 64.2 Å². The van der Waals surface area contributed by atoms with Gasteiger partial charge >= 0.3 is 0 Å². The van der Waals surface area contributed by atoms with Crippen molar-refractivity contribution < 1.29 is 9.59 Å². The number of carbonyl (C=O) groups is 2. The van der Waals surface area contributed by atoms with E-state index in [2.05, 4.69) is 18.7 Å². The van der Waals surface area contributed by atoms with E-state index in [4.69, 9.17) is 11.6 Å². The highest BCUT2D eigenvalue weighted by Gasteiger charge is 2.33. The van der Waals surface area contributed by atoms with Gasteiger partial charge in [-0.2, -0.15) is 0 Å². The molecule has 5 nitrogen and oxygen atoms in total. The van der Waals surface area contributed by atoms with E-state index < -0.39 is 0 Å². The van der Waals surface area contributed by atoms with Crippen LogP contribution >= 0.6 is 11.6 Å². The second-order valence-corrected chi connectivity index (χ2v) is 10.7.